The van der Waals surface area contributed by atoms with E-state index in [0.29, 0.717) is 18.7 Å². The number of nitriles is 1. The van der Waals surface area contributed by atoms with Crippen LogP contribution in [0.4, 0.5) is 5.69 Å². The zero-order chi connectivity index (χ0) is 18.5. The van der Waals surface area contributed by atoms with E-state index in [1.165, 1.54) is 0 Å². The Balaban J connectivity index is 1.58. The number of hydrogen-bond donors (Lipinski definition) is 1. The molecule has 0 aliphatic carbocycles. The van der Waals surface area contributed by atoms with Crippen molar-refractivity contribution in [1.82, 2.24) is 5.32 Å². The van der Waals surface area contributed by atoms with E-state index >= 15 is 0 Å². The van der Waals surface area contributed by atoms with Crippen molar-refractivity contribution in [3.8, 4) is 6.07 Å². The summed E-state index contributed by atoms with van der Waals surface area (Å²) < 4.78 is 0. The van der Waals surface area contributed by atoms with Gasteiger partial charge in [-0.05, 0) is 48.2 Å². The molecule has 1 heterocycles. The third-order valence-corrected chi connectivity index (χ3v) is 5.17. The Kier molecular flexibility index (Phi) is 5.59. The molecule has 132 valence electrons. The molecule has 2 aromatic carbocycles. The summed E-state index contributed by atoms with van der Waals surface area (Å²) in [6.45, 7) is 0.786. The maximum Gasteiger partial charge on any atom is 0.227 e. The Hall–Kier alpha value is -2.78. The molecule has 1 aliphatic heterocycles. The number of carbonyl (C=O) groups is 2. The molecule has 1 unspecified atom stereocenters. The summed E-state index contributed by atoms with van der Waals surface area (Å²) in [5.74, 6) is -0.493. The molecular weight excluding hydrogens is 346 g/mol. The first kappa shape index (κ1) is 18.0. The van der Waals surface area contributed by atoms with Gasteiger partial charge in [0.15, 0.2) is 0 Å². The number of carbonyl (C=O) groups excluding carboxylic acids is 2. The van der Waals surface area contributed by atoms with Crippen LogP contribution in [0.1, 0.15) is 17.5 Å². The monoisotopic (exact) mass is 365 g/mol. The molecule has 0 saturated carbocycles. The highest BCUT2D eigenvalue weighted by Gasteiger charge is 2.34. The van der Waals surface area contributed by atoms with Crippen molar-refractivity contribution in [3.63, 3.8) is 0 Å². The van der Waals surface area contributed by atoms with Gasteiger partial charge in [-0.1, -0.05) is 12.1 Å². The van der Waals surface area contributed by atoms with Gasteiger partial charge in [0.05, 0.1) is 17.6 Å². The largest absolute Gasteiger partial charge is 0.352 e. The van der Waals surface area contributed by atoms with Gasteiger partial charge in [0.2, 0.25) is 11.8 Å². The minimum Gasteiger partial charge on any atom is -0.352 e. The van der Waals surface area contributed by atoms with E-state index in [2.05, 4.69) is 11.4 Å². The van der Waals surface area contributed by atoms with Crippen LogP contribution in [0.2, 0.25) is 0 Å². The topological polar surface area (TPSA) is 73.2 Å². The lowest BCUT2D eigenvalue weighted by Gasteiger charge is -2.17. The van der Waals surface area contributed by atoms with Crippen LogP contribution in [0.25, 0.3) is 0 Å². The predicted octanol–water partition coefficient (Wildman–Crippen LogP) is 2.95. The molecule has 2 aromatic rings. The van der Waals surface area contributed by atoms with E-state index in [1.54, 1.807) is 28.8 Å². The van der Waals surface area contributed by atoms with Crippen molar-refractivity contribution in [3.05, 3.63) is 59.7 Å². The Morgan fingerprint density at radius 3 is 2.54 bits per heavy atom. The number of nitrogens with one attached hydrogen (secondary N) is 1. The first-order chi connectivity index (χ1) is 12.6. The van der Waals surface area contributed by atoms with Crippen molar-refractivity contribution in [2.24, 2.45) is 5.92 Å². The summed E-state index contributed by atoms with van der Waals surface area (Å²) >= 11 is 1.65. The molecule has 0 bridgehead atoms. The second-order valence-corrected chi connectivity index (χ2v) is 7.01. The lowest BCUT2D eigenvalue weighted by molar-refractivity contribution is -0.126. The van der Waals surface area contributed by atoms with Gasteiger partial charge in [0.1, 0.15) is 0 Å². The summed E-state index contributed by atoms with van der Waals surface area (Å²) in [7, 11) is 0. The average Bonchev–Trinajstić information content (AvgIpc) is 3.08. The van der Waals surface area contributed by atoms with E-state index in [9.17, 15) is 9.59 Å². The standard InChI is InChI=1S/C20H19N3O2S/c1-26-18-8-6-17(7-9-18)23-13-16(10-19(23)24)20(25)22-12-15-4-2-14(11-21)3-5-15/h2-9,16H,10,12-13H2,1H3,(H,22,25). The average molecular weight is 365 g/mol. The second kappa shape index (κ2) is 8.07. The number of amides is 2. The number of anilines is 1. The Morgan fingerprint density at radius 1 is 1.23 bits per heavy atom. The van der Waals surface area contributed by atoms with E-state index < -0.39 is 0 Å². The molecule has 0 radical (unpaired) electrons. The van der Waals surface area contributed by atoms with Gasteiger partial charge in [-0.15, -0.1) is 11.8 Å². The van der Waals surface area contributed by atoms with Crippen LogP contribution in [-0.2, 0) is 16.1 Å². The van der Waals surface area contributed by atoms with E-state index in [4.69, 9.17) is 5.26 Å². The van der Waals surface area contributed by atoms with Gasteiger partial charge in [-0.2, -0.15) is 5.26 Å². The number of thioether (sulfide) groups is 1. The van der Waals surface area contributed by atoms with Crippen LogP contribution in [-0.4, -0.2) is 24.6 Å². The molecule has 5 nitrogen and oxygen atoms in total. The van der Waals surface area contributed by atoms with Gasteiger partial charge in [-0.3, -0.25) is 9.59 Å². The summed E-state index contributed by atoms with van der Waals surface area (Å²) in [6.07, 6.45) is 2.23. The highest BCUT2D eigenvalue weighted by Crippen LogP contribution is 2.27. The first-order valence-corrected chi connectivity index (χ1v) is 9.54. The molecule has 1 N–H and O–H groups in total. The molecule has 0 spiro atoms. The third kappa shape index (κ3) is 4.06. The molecule has 1 atom stereocenters. The minimum atomic E-state index is -0.346. The normalized spacial score (nSPS) is 16.4. The predicted molar refractivity (Wildman–Crippen MR) is 102 cm³/mol. The Bertz CT molecular complexity index is 841. The van der Waals surface area contributed by atoms with Crippen molar-refractivity contribution < 1.29 is 9.59 Å². The van der Waals surface area contributed by atoms with Crippen LogP contribution in [0.5, 0.6) is 0 Å². The lowest BCUT2D eigenvalue weighted by atomic mass is 10.1. The fourth-order valence-corrected chi connectivity index (χ4v) is 3.33. The van der Waals surface area contributed by atoms with Crippen molar-refractivity contribution >= 4 is 29.3 Å². The van der Waals surface area contributed by atoms with Gasteiger partial charge in [-0.25, -0.2) is 0 Å². The molecular formula is C20H19N3O2S. The lowest BCUT2D eigenvalue weighted by Crippen LogP contribution is -2.32. The van der Waals surface area contributed by atoms with Crippen LogP contribution in [0.15, 0.2) is 53.4 Å². The number of nitrogens with zero attached hydrogens (tertiary/aromatic N) is 2. The van der Waals surface area contributed by atoms with E-state index in [1.807, 2.05) is 42.7 Å². The maximum atomic E-state index is 12.4. The smallest absolute Gasteiger partial charge is 0.227 e. The molecule has 6 heteroatoms. The summed E-state index contributed by atoms with van der Waals surface area (Å²) in [4.78, 5) is 27.5. The van der Waals surface area contributed by atoms with Crippen LogP contribution >= 0.6 is 11.8 Å². The summed E-state index contributed by atoms with van der Waals surface area (Å²) in [5.41, 5.74) is 2.34. The highest BCUT2D eigenvalue weighted by atomic mass is 32.2. The number of hydrogen-bond acceptors (Lipinski definition) is 4. The third-order valence-electron chi connectivity index (χ3n) is 4.43. The molecule has 1 aliphatic rings. The molecule has 1 fully saturated rings. The molecule has 2 amide bonds. The van der Waals surface area contributed by atoms with Gasteiger partial charge >= 0.3 is 0 Å². The molecule has 0 aromatic heterocycles. The number of rotatable bonds is 5. The Morgan fingerprint density at radius 2 is 1.92 bits per heavy atom. The SMILES string of the molecule is CSc1ccc(N2CC(C(=O)NCc3ccc(C#N)cc3)CC2=O)cc1. The van der Waals surface area contributed by atoms with Crippen molar-refractivity contribution in [1.29, 1.82) is 5.26 Å². The fraction of sp³-hybridized carbons (Fsp3) is 0.250. The summed E-state index contributed by atoms with van der Waals surface area (Å²) in [6, 6.07) is 16.9. The quantitative estimate of drug-likeness (QED) is 0.827. The maximum absolute atomic E-state index is 12.4. The molecule has 3 rings (SSSR count). The van der Waals surface area contributed by atoms with Crippen molar-refractivity contribution in [2.75, 3.05) is 17.7 Å². The van der Waals surface area contributed by atoms with E-state index in [0.717, 1.165) is 16.1 Å². The van der Waals surface area contributed by atoms with E-state index in [-0.39, 0.29) is 24.2 Å². The fourth-order valence-electron chi connectivity index (χ4n) is 2.93. The molecule has 1 saturated heterocycles. The van der Waals surface area contributed by atoms with Gasteiger partial charge in [0.25, 0.3) is 0 Å². The molecule has 26 heavy (non-hydrogen) atoms. The Labute approximate surface area is 157 Å². The van der Waals surface area contributed by atoms with Gasteiger partial charge in [0, 0.05) is 30.1 Å². The zero-order valence-corrected chi connectivity index (χ0v) is 15.3. The summed E-state index contributed by atoms with van der Waals surface area (Å²) in [5, 5.41) is 11.7. The first-order valence-electron chi connectivity index (χ1n) is 8.32. The van der Waals surface area contributed by atoms with Crippen LogP contribution in [0, 0.1) is 17.2 Å². The number of benzene rings is 2. The minimum absolute atomic E-state index is 0.0274. The van der Waals surface area contributed by atoms with Crippen LogP contribution in [0.3, 0.4) is 0 Å². The van der Waals surface area contributed by atoms with Gasteiger partial charge < -0.3 is 10.2 Å². The zero-order valence-electron chi connectivity index (χ0n) is 14.4. The second-order valence-electron chi connectivity index (χ2n) is 6.13. The van der Waals surface area contributed by atoms with Crippen molar-refractivity contribution in [2.45, 2.75) is 17.9 Å². The highest BCUT2D eigenvalue weighted by molar-refractivity contribution is 7.98. The van der Waals surface area contributed by atoms with Crippen LogP contribution < -0.4 is 10.2 Å².